The van der Waals surface area contributed by atoms with Gasteiger partial charge in [0, 0.05) is 12.1 Å². The summed E-state index contributed by atoms with van der Waals surface area (Å²) >= 11 is 3.05. The second-order valence-electron chi connectivity index (χ2n) is 3.78. The highest BCUT2D eigenvalue weighted by atomic mass is 79.9. The molecule has 2 rings (SSSR count). The molecule has 0 spiro atoms. The summed E-state index contributed by atoms with van der Waals surface area (Å²) in [6.45, 7) is 0. The van der Waals surface area contributed by atoms with Crippen molar-refractivity contribution in [3.05, 3.63) is 28.5 Å². The Morgan fingerprint density at radius 1 is 1.41 bits per heavy atom. The average molecular weight is 301 g/mol. The van der Waals surface area contributed by atoms with Crippen molar-refractivity contribution in [3.8, 4) is 0 Å². The second kappa shape index (κ2) is 4.83. The van der Waals surface area contributed by atoms with E-state index < -0.39 is 11.9 Å². The van der Waals surface area contributed by atoms with E-state index in [9.17, 15) is 14.0 Å². The summed E-state index contributed by atoms with van der Waals surface area (Å²) in [5, 5.41) is 5.13. The number of carbonyl (C=O) groups is 2. The van der Waals surface area contributed by atoms with Crippen molar-refractivity contribution >= 4 is 33.4 Å². The van der Waals surface area contributed by atoms with Gasteiger partial charge in [-0.05, 0) is 40.5 Å². The molecule has 0 aliphatic carbocycles. The molecule has 4 nitrogen and oxygen atoms in total. The Balaban J connectivity index is 2.08. The van der Waals surface area contributed by atoms with Crippen LogP contribution in [0.25, 0.3) is 0 Å². The molecule has 1 aromatic carbocycles. The zero-order valence-electron chi connectivity index (χ0n) is 8.80. The van der Waals surface area contributed by atoms with E-state index in [2.05, 4.69) is 26.6 Å². The summed E-state index contributed by atoms with van der Waals surface area (Å²) in [6, 6.07) is 4.03. The van der Waals surface area contributed by atoms with Crippen molar-refractivity contribution in [1.29, 1.82) is 0 Å². The highest BCUT2D eigenvalue weighted by Crippen LogP contribution is 2.21. The number of hydrogen-bond donors (Lipinski definition) is 2. The van der Waals surface area contributed by atoms with Gasteiger partial charge in [0.25, 0.3) is 0 Å². The molecular formula is C11H10BrFN2O2. The number of nitrogens with one attached hydrogen (secondary N) is 2. The van der Waals surface area contributed by atoms with Crippen LogP contribution in [-0.2, 0) is 9.59 Å². The second-order valence-corrected chi connectivity index (χ2v) is 4.63. The van der Waals surface area contributed by atoms with E-state index in [-0.39, 0.29) is 11.8 Å². The summed E-state index contributed by atoms with van der Waals surface area (Å²) in [4.78, 5) is 22.4. The Bertz CT molecular complexity index is 479. The van der Waals surface area contributed by atoms with Gasteiger partial charge in [0.05, 0.1) is 4.47 Å². The Hall–Kier alpha value is -1.43. The zero-order valence-corrected chi connectivity index (χ0v) is 10.4. The summed E-state index contributed by atoms with van der Waals surface area (Å²) in [6.07, 6.45) is 0.713. The van der Waals surface area contributed by atoms with Gasteiger partial charge >= 0.3 is 0 Å². The number of anilines is 1. The first-order valence-corrected chi connectivity index (χ1v) is 5.91. The van der Waals surface area contributed by atoms with E-state index in [4.69, 9.17) is 0 Å². The highest BCUT2D eigenvalue weighted by Gasteiger charge is 2.26. The minimum atomic E-state index is -0.492. The molecule has 1 aliphatic rings. The molecule has 2 amide bonds. The molecule has 1 aliphatic heterocycles. The van der Waals surface area contributed by atoms with Gasteiger partial charge in [-0.3, -0.25) is 14.9 Å². The number of amides is 2. The number of imide groups is 1. The zero-order chi connectivity index (χ0) is 12.4. The maximum Gasteiger partial charge on any atom is 0.249 e. The standard InChI is InChI=1S/C11H10BrFN2O2/c12-7-2-1-6(5-8(7)13)14-9-3-4-10(16)15-11(9)17/h1-2,5,9,14H,3-4H2,(H,15,16,17). The minimum Gasteiger partial charge on any atom is -0.374 e. The number of carbonyl (C=O) groups excluding carboxylic acids is 2. The fourth-order valence-corrected chi connectivity index (χ4v) is 1.86. The monoisotopic (exact) mass is 300 g/mol. The average Bonchev–Trinajstić information content (AvgIpc) is 2.27. The van der Waals surface area contributed by atoms with Crippen molar-refractivity contribution < 1.29 is 14.0 Å². The lowest BCUT2D eigenvalue weighted by Gasteiger charge is -2.22. The molecule has 0 bridgehead atoms. The largest absolute Gasteiger partial charge is 0.374 e. The van der Waals surface area contributed by atoms with Crippen molar-refractivity contribution in [3.63, 3.8) is 0 Å². The van der Waals surface area contributed by atoms with E-state index >= 15 is 0 Å². The molecule has 1 heterocycles. The normalized spacial score (nSPS) is 20.0. The molecule has 2 N–H and O–H groups in total. The third-order valence-corrected chi connectivity index (χ3v) is 3.14. The molecule has 1 unspecified atom stereocenters. The summed E-state index contributed by atoms with van der Waals surface area (Å²) in [5.41, 5.74) is 0.514. The van der Waals surface area contributed by atoms with E-state index in [0.717, 1.165) is 0 Å². The molecular weight excluding hydrogens is 291 g/mol. The van der Waals surface area contributed by atoms with Gasteiger partial charge in [0.1, 0.15) is 11.9 Å². The van der Waals surface area contributed by atoms with Crippen molar-refractivity contribution in [2.24, 2.45) is 0 Å². The topological polar surface area (TPSA) is 58.2 Å². The van der Waals surface area contributed by atoms with Crippen molar-refractivity contribution in [1.82, 2.24) is 5.32 Å². The molecule has 1 aromatic rings. The van der Waals surface area contributed by atoms with Crippen LogP contribution in [0.4, 0.5) is 10.1 Å². The van der Waals surface area contributed by atoms with E-state index in [1.54, 1.807) is 12.1 Å². The van der Waals surface area contributed by atoms with E-state index in [1.165, 1.54) is 6.07 Å². The van der Waals surface area contributed by atoms with Gasteiger partial charge in [-0.2, -0.15) is 0 Å². The Kier molecular flexibility index (Phi) is 3.42. The van der Waals surface area contributed by atoms with Gasteiger partial charge in [-0.15, -0.1) is 0 Å². The Morgan fingerprint density at radius 3 is 2.82 bits per heavy atom. The molecule has 1 atom stereocenters. The molecule has 1 fully saturated rings. The molecule has 0 saturated carbocycles. The smallest absolute Gasteiger partial charge is 0.249 e. The van der Waals surface area contributed by atoms with Crippen LogP contribution in [0.5, 0.6) is 0 Å². The van der Waals surface area contributed by atoms with Crippen molar-refractivity contribution in [2.75, 3.05) is 5.32 Å². The predicted molar refractivity (Wildman–Crippen MR) is 63.9 cm³/mol. The molecule has 0 radical (unpaired) electrons. The van der Waals surface area contributed by atoms with Gasteiger partial charge in [0.2, 0.25) is 11.8 Å². The first kappa shape index (κ1) is 12.0. The summed E-state index contributed by atoms with van der Waals surface area (Å²) in [7, 11) is 0. The lowest BCUT2D eigenvalue weighted by Crippen LogP contribution is -2.47. The first-order valence-electron chi connectivity index (χ1n) is 5.11. The SMILES string of the molecule is O=C1CCC(Nc2ccc(Br)c(F)c2)C(=O)N1. The number of benzene rings is 1. The van der Waals surface area contributed by atoms with E-state index in [1.807, 2.05) is 0 Å². The number of hydrogen-bond acceptors (Lipinski definition) is 3. The number of halogens is 2. The van der Waals surface area contributed by atoms with Crippen molar-refractivity contribution in [2.45, 2.75) is 18.9 Å². The van der Waals surface area contributed by atoms with Gasteiger partial charge in [-0.25, -0.2) is 4.39 Å². The van der Waals surface area contributed by atoms with Gasteiger partial charge in [-0.1, -0.05) is 0 Å². The molecule has 6 heteroatoms. The lowest BCUT2D eigenvalue weighted by molar-refractivity contribution is -0.133. The Morgan fingerprint density at radius 2 is 2.18 bits per heavy atom. The highest BCUT2D eigenvalue weighted by molar-refractivity contribution is 9.10. The summed E-state index contributed by atoms with van der Waals surface area (Å²) < 4.78 is 13.6. The Labute approximate surface area is 106 Å². The van der Waals surface area contributed by atoms with Gasteiger partial charge in [0.15, 0.2) is 0 Å². The van der Waals surface area contributed by atoms with Crippen LogP contribution in [0, 0.1) is 5.82 Å². The maximum atomic E-state index is 13.3. The third-order valence-electron chi connectivity index (χ3n) is 2.50. The number of rotatable bonds is 2. The molecule has 0 aromatic heterocycles. The quantitative estimate of drug-likeness (QED) is 0.819. The van der Waals surface area contributed by atoms with Crippen LogP contribution >= 0.6 is 15.9 Å². The fraction of sp³-hybridized carbons (Fsp3) is 0.273. The van der Waals surface area contributed by atoms with Crippen LogP contribution < -0.4 is 10.6 Å². The number of piperidine rings is 1. The minimum absolute atomic E-state index is 0.268. The molecule has 90 valence electrons. The first-order chi connectivity index (χ1) is 8.06. The predicted octanol–water partition coefficient (Wildman–Crippen LogP) is 1.81. The van der Waals surface area contributed by atoms with Crippen LogP contribution in [0.2, 0.25) is 0 Å². The molecule has 1 saturated heterocycles. The summed E-state index contributed by atoms with van der Waals surface area (Å²) in [5.74, 6) is -1.04. The van der Waals surface area contributed by atoms with Crippen LogP contribution in [0.3, 0.4) is 0 Å². The van der Waals surface area contributed by atoms with Crippen LogP contribution in [0.15, 0.2) is 22.7 Å². The molecule has 17 heavy (non-hydrogen) atoms. The van der Waals surface area contributed by atoms with Crippen LogP contribution in [-0.4, -0.2) is 17.9 Å². The third kappa shape index (κ3) is 2.82. The maximum absolute atomic E-state index is 13.3. The van der Waals surface area contributed by atoms with E-state index in [0.29, 0.717) is 23.0 Å². The van der Waals surface area contributed by atoms with Crippen LogP contribution in [0.1, 0.15) is 12.8 Å². The lowest BCUT2D eigenvalue weighted by atomic mass is 10.1. The van der Waals surface area contributed by atoms with Gasteiger partial charge < -0.3 is 5.32 Å². The fourth-order valence-electron chi connectivity index (χ4n) is 1.62.